The second-order valence-electron chi connectivity index (χ2n) is 6.01. The van der Waals surface area contributed by atoms with Crippen LogP contribution in [0.2, 0.25) is 5.02 Å². The van der Waals surface area contributed by atoms with Gasteiger partial charge in [-0.2, -0.15) is 0 Å². The van der Waals surface area contributed by atoms with E-state index in [2.05, 4.69) is 15.0 Å². The Balaban J connectivity index is 2.07. The maximum absolute atomic E-state index is 11.7. The largest absolute Gasteiger partial charge is 0.481 e. The van der Waals surface area contributed by atoms with E-state index in [1.165, 1.54) is 7.11 Å². The molecule has 0 aliphatic carbocycles. The van der Waals surface area contributed by atoms with Gasteiger partial charge in [0.05, 0.1) is 18.3 Å². The van der Waals surface area contributed by atoms with Crippen molar-refractivity contribution in [1.82, 2.24) is 4.98 Å². The van der Waals surface area contributed by atoms with E-state index in [4.69, 9.17) is 16.3 Å². The minimum Gasteiger partial charge on any atom is -0.481 e. The molecule has 0 aliphatic heterocycles. The van der Waals surface area contributed by atoms with E-state index in [-0.39, 0.29) is 12.5 Å². The number of carbonyl (C=O) groups is 2. The van der Waals surface area contributed by atoms with Crippen molar-refractivity contribution >= 4 is 40.1 Å². The maximum atomic E-state index is 11.7. The van der Waals surface area contributed by atoms with Crippen LogP contribution >= 0.6 is 11.6 Å². The van der Waals surface area contributed by atoms with Crippen LogP contribution in [0.5, 0.6) is 5.75 Å². The van der Waals surface area contributed by atoms with Crippen LogP contribution in [-0.4, -0.2) is 30.6 Å². The lowest BCUT2D eigenvalue weighted by Crippen LogP contribution is -2.13. The molecule has 0 unspecified atom stereocenters. The molecule has 0 saturated carbocycles. The van der Waals surface area contributed by atoms with Gasteiger partial charge in [0.1, 0.15) is 5.75 Å². The number of amides is 1. The van der Waals surface area contributed by atoms with Crippen molar-refractivity contribution < 1.29 is 19.1 Å². The Bertz CT molecular complexity index is 1020. The Morgan fingerprint density at radius 3 is 2.54 bits per heavy atom. The summed E-state index contributed by atoms with van der Waals surface area (Å²) in [4.78, 5) is 27.9. The molecule has 3 rings (SSSR count). The summed E-state index contributed by atoms with van der Waals surface area (Å²) in [5, 5.41) is 4.12. The van der Waals surface area contributed by atoms with E-state index in [1.54, 1.807) is 43.3 Å². The first kappa shape index (κ1) is 19.6. The summed E-state index contributed by atoms with van der Waals surface area (Å²) in [6.45, 7) is 1.54. The van der Waals surface area contributed by atoms with Crippen LogP contribution in [0.3, 0.4) is 0 Å². The minimum atomic E-state index is -0.492. The number of anilines is 1. The van der Waals surface area contributed by atoms with E-state index in [9.17, 15) is 9.59 Å². The third kappa shape index (κ3) is 4.58. The van der Waals surface area contributed by atoms with E-state index >= 15 is 0 Å². The molecule has 3 aromatic rings. The average molecular weight is 399 g/mol. The van der Waals surface area contributed by atoms with Gasteiger partial charge < -0.3 is 14.8 Å². The van der Waals surface area contributed by atoms with Crippen LogP contribution in [0.1, 0.15) is 13.3 Å². The Kier molecular flexibility index (Phi) is 6.11. The number of aromatic nitrogens is 1. The number of fused-ring (bicyclic) bond motifs is 1. The molecule has 7 heteroatoms. The number of nitrogens with zero attached hydrogens (tertiary/aromatic N) is 1. The number of esters is 1. The average Bonchev–Trinajstić information content (AvgIpc) is 2.72. The molecular formula is C21H19ClN2O4. The van der Waals surface area contributed by atoms with Gasteiger partial charge in [-0.05, 0) is 30.3 Å². The smallest absolute Gasteiger partial charge is 0.343 e. The second kappa shape index (κ2) is 8.71. The van der Waals surface area contributed by atoms with E-state index in [1.807, 2.05) is 12.1 Å². The number of pyridine rings is 1. The maximum Gasteiger partial charge on any atom is 0.343 e. The third-order valence-corrected chi connectivity index (χ3v) is 4.34. The number of carbonyl (C=O) groups excluding carboxylic acids is 2. The van der Waals surface area contributed by atoms with E-state index in [0.717, 1.165) is 5.56 Å². The molecule has 0 aliphatic rings. The molecule has 1 aromatic heterocycles. The van der Waals surface area contributed by atoms with Gasteiger partial charge in [0.2, 0.25) is 5.91 Å². The van der Waals surface area contributed by atoms with Crippen molar-refractivity contribution in [3.05, 3.63) is 53.6 Å². The van der Waals surface area contributed by atoms with Crippen LogP contribution < -0.4 is 10.1 Å². The zero-order chi connectivity index (χ0) is 20.1. The molecule has 2 aromatic carbocycles. The summed E-state index contributed by atoms with van der Waals surface area (Å²) in [5.41, 5.74) is 2.83. The molecule has 0 radical (unpaired) electrons. The van der Waals surface area contributed by atoms with Crippen LogP contribution in [0.15, 0.2) is 48.5 Å². The summed E-state index contributed by atoms with van der Waals surface area (Å²) in [6.07, 6.45) is 0.373. The van der Waals surface area contributed by atoms with Crippen molar-refractivity contribution in [2.45, 2.75) is 13.3 Å². The van der Waals surface area contributed by atoms with Crippen molar-refractivity contribution in [3.8, 4) is 17.0 Å². The molecule has 0 fully saturated rings. The molecule has 1 amide bonds. The lowest BCUT2D eigenvalue weighted by Gasteiger charge is -2.13. The topological polar surface area (TPSA) is 77.5 Å². The molecule has 0 saturated heterocycles. The Hall–Kier alpha value is -3.12. The molecule has 0 bridgehead atoms. The number of methoxy groups -OCH3 is 1. The zero-order valence-electron chi connectivity index (χ0n) is 15.5. The highest BCUT2D eigenvalue weighted by Crippen LogP contribution is 2.32. The minimum absolute atomic E-state index is 0.0953. The molecule has 6 nitrogen and oxygen atoms in total. The van der Waals surface area contributed by atoms with E-state index in [0.29, 0.717) is 39.5 Å². The predicted octanol–water partition coefficient (Wildman–Crippen LogP) is 4.46. The zero-order valence-corrected chi connectivity index (χ0v) is 16.2. The molecular weight excluding hydrogens is 380 g/mol. The summed E-state index contributed by atoms with van der Waals surface area (Å²) in [6, 6.07) is 14.4. The van der Waals surface area contributed by atoms with Gasteiger partial charge in [0.15, 0.2) is 6.61 Å². The number of halogens is 1. The Morgan fingerprint density at radius 1 is 1.11 bits per heavy atom. The third-order valence-electron chi connectivity index (χ3n) is 4.09. The Morgan fingerprint density at radius 2 is 1.86 bits per heavy atom. The van der Waals surface area contributed by atoms with Crippen LogP contribution in [0.4, 0.5) is 5.69 Å². The summed E-state index contributed by atoms with van der Waals surface area (Å²) >= 11 is 5.97. The summed E-state index contributed by atoms with van der Waals surface area (Å²) < 4.78 is 10.3. The van der Waals surface area contributed by atoms with Gasteiger partial charge >= 0.3 is 5.97 Å². The molecule has 0 spiro atoms. The van der Waals surface area contributed by atoms with Crippen molar-refractivity contribution in [1.29, 1.82) is 0 Å². The SMILES string of the molecule is CCC(=O)Nc1ccc2nc(-c3ccc(Cl)cc3)cc(OCC(=O)OC)c2c1. The number of ether oxygens (including phenoxy) is 2. The highest BCUT2D eigenvalue weighted by Gasteiger charge is 2.12. The first-order chi connectivity index (χ1) is 13.5. The fourth-order valence-corrected chi connectivity index (χ4v) is 2.73. The van der Waals surface area contributed by atoms with Crippen molar-refractivity contribution in [2.75, 3.05) is 19.0 Å². The van der Waals surface area contributed by atoms with Gasteiger partial charge in [-0.25, -0.2) is 9.78 Å². The van der Waals surface area contributed by atoms with E-state index < -0.39 is 5.97 Å². The van der Waals surface area contributed by atoms with Gasteiger partial charge in [-0.15, -0.1) is 0 Å². The van der Waals surface area contributed by atoms with Gasteiger partial charge in [-0.3, -0.25) is 4.79 Å². The number of hydrogen-bond acceptors (Lipinski definition) is 5. The molecule has 28 heavy (non-hydrogen) atoms. The quantitative estimate of drug-likeness (QED) is 0.620. The highest BCUT2D eigenvalue weighted by atomic mass is 35.5. The lowest BCUT2D eigenvalue weighted by atomic mass is 10.1. The van der Waals surface area contributed by atoms with Gasteiger partial charge in [0.25, 0.3) is 0 Å². The monoisotopic (exact) mass is 398 g/mol. The van der Waals surface area contributed by atoms with Crippen LogP contribution in [0.25, 0.3) is 22.2 Å². The Labute approximate surface area is 167 Å². The van der Waals surface area contributed by atoms with Gasteiger partial charge in [-0.1, -0.05) is 30.7 Å². The standard InChI is InChI=1S/C21H19ClN2O4/c1-3-20(25)23-15-8-9-17-16(10-15)19(28-12-21(26)27-2)11-18(24-17)13-4-6-14(22)7-5-13/h4-11H,3,12H2,1-2H3,(H,23,25). The number of hydrogen-bond donors (Lipinski definition) is 1. The molecule has 1 N–H and O–H groups in total. The fraction of sp³-hybridized carbons (Fsp3) is 0.190. The van der Waals surface area contributed by atoms with Crippen molar-refractivity contribution in [3.63, 3.8) is 0 Å². The van der Waals surface area contributed by atoms with Crippen LogP contribution in [0, 0.1) is 0 Å². The second-order valence-corrected chi connectivity index (χ2v) is 6.45. The molecule has 0 atom stereocenters. The fourth-order valence-electron chi connectivity index (χ4n) is 2.61. The van der Waals surface area contributed by atoms with Gasteiger partial charge in [0, 0.05) is 34.1 Å². The number of rotatable bonds is 6. The number of nitrogens with one attached hydrogen (secondary N) is 1. The first-order valence-electron chi connectivity index (χ1n) is 8.70. The van der Waals surface area contributed by atoms with Crippen molar-refractivity contribution in [2.24, 2.45) is 0 Å². The number of benzene rings is 2. The molecule has 1 heterocycles. The van der Waals surface area contributed by atoms with Crippen LogP contribution in [-0.2, 0) is 14.3 Å². The normalized spacial score (nSPS) is 10.5. The highest BCUT2D eigenvalue weighted by molar-refractivity contribution is 6.30. The summed E-state index contributed by atoms with van der Waals surface area (Å²) in [7, 11) is 1.30. The first-order valence-corrected chi connectivity index (χ1v) is 9.08. The predicted molar refractivity (Wildman–Crippen MR) is 109 cm³/mol. The summed E-state index contributed by atoms with van der Waals surface area (Å²) in [5.74, 6) is -0.122. The lowest BCUT2D eigenvalue weighted by molar-refractivity contribution is -0.142. The molecule has 144 valence electrons.